The molecule has 2 rings (SSSR count). The second kappa shape index (κ2) is 5.54. The number of aromatic hydroxyl groups is 1. The monoisotopic (exact) mass is 242 g/mol. The Bertz CT molecular complexity index is 508. The van der Waals surface area contributed by atoms with Gasteiger partial charge >= 0.3 is 0 Å². The zero-order valence-electron chi connectivity index (χ0n) is 10.7. The van der Waals surface area contributed by atoms with E-state index in [4.69, 9.17) is 0 Å². The predicted molar refractivity (Wildman–Crippen MR) is 73.7 cm³/mol. The van der Waals surface area contributed by atoms with Gasteiger partial charge < -0.3 is 10.4 Å². The number of phenols is 1. The van der Waals surface area contributed by atoms with E-state index < -0.39 is 0 Å². The van der Waals surface area contributed by atoms with Crippen molar-refractivity contribution in [3.05, 3.63) is 53.9 Å². The van der Waals surface area contributed by atoms with Gasteiger partial charge in [0.2, 0.25) is 0 Å². The summed E-state index contributed by atoms with van der Waals surface area (Å²) in [6, 6.07) is 11.5. The zero-order valence-corrected chi connectivity index (χ0v) is 10.7. The topological polar surface area (TPSA) is 45.2 Å². The third-order valence-electron chi connectivity index (χ3n) is 3.04. The molecule has 0 aliphatic carbocycles. The molecule has 1 aromatic heterocycles. The number of hydrogen-bond donors (Lipinski definition) is 2. The van der Waals surface area contributed by atoms with Gasteiger partial charge in [0.1, 0.15) is 5.75 Å². The number of hydrogen-bond acceptors (Lipinski definition) is 3. The van der Waals surface area contributed by atoms with E-state index in [1.54, 1.807) is 18.3 Å². The smallest absolute Gasteiger partial charge is 0.115 e. The SMILES string of the molecule is CCC(Nc1cccnc1C)c1ccc(O)cc1. The van der Waals surface area contributed by atoms with E-state index in [-0.39, 0.29) is 6.04 Å². The van der Waals surface area contributed by atoms with E-state index in [2.05, 4.69) is 17.2 Å². The molecule has 1 atom stereocenters. The Morgan fingerprint density at radius 2 is 1.94 bits per heavy atom. The van der Waals surface area contributed by atoms with Gasteiger partial charge in [-0.2, -0.15) is 0 Å². The second-order valence-corrected chi connectivity index (χ2v) is 4.33. The highest BCUT2D eigenvalue weighted by Crippen LogP contribution is 2.25. The molecule has 0 fully saturated rings. The van der Waals surface area contributed by atoms with Crippen molar-refractivity contribution in [1.82, 2.24) is 4.98 Å². The van der Waals surface area contributed by atoms with Gasteiger partial charge in [0.15, 0.2) is 0 Å². The third kappa shape index (κ3) is 2.80. The number of aromatic nitrogens is 1. The standard InChI is InChI=1S/C15H18N2O/c1-3-14(12-6-8-13(18)9-7-12)17-15-5-4-10-16-11(15)2/h4-10,14,17-18H,3H2,1-2H3. The Hall–Kier alpha value is -2.03. The minimum Gasteiger partial charge on any atom is -0.508 e. The molecule has 0 radical (unpaired) electrons. The van der Waals surface area contributed by atoms with Crippen molar-refractivity contribution in [3.63, 3.8) is 0 Å². The second-order valence-electron chi connectivity index (χ2n) is 4.33. The number of anilines is 1. The van der Waals surface area contributed by atoms with Crippen LogP contribution in [0.25, 0.3) is 0 Å². The molecule has 0 saturated heterocycles. The molecule has 0 aliphatic rings. The number of nitrogens with zero attached hydrogens (tertiary/aromatic N) is 1. The van der Waals surface area contributed by atoms with Crippen LogP contribution in [0, 0.1) is 6.92 Å². The van der Waals surface area contributed by atoms with Crippen molar-refractivity contribution >= 4 is 5.69 Å². The lowest BCUT2D eigenvalue weighted by Gasteiger charge is -2.19. The summed E-state index contributed by atoms with van der Waals surface area (Å²) in [4.78, 5) is 4.27. The summed E-state index contributed by atoms with van der Waals surface area (Å²) in [6.07, 6.45) is 2.77. The van der Waals surface area contributed by atoms with Crippen LogP contribution in [0.4, 0.5) is 5.69 Å². The van der Waals surface area contributed by atoms with Gasteiger partial charge in [0, 0.05) is 6.20 Å². The molecule has 3 heteroatoms. The molecule has 18 heavy (non-hydrogen) atoms. The highest BCUT2D eigenvalue weighted by Gasteiger charge is 2.10. The number of nitrogens with one attached hydrogen (secondary N) is 1. The quantitative estimate of drug-likeness (QED) is 0.860. The number of benzene rings is 1. The van der Waals surface area contributed by atoms with E-state index in [9.17, 15) is 5.11 Å². The van der Waals surface area contributed by atoms with Crippen LogP contribution in [0.1, 0.15) is 30.6 Å². The normalized spacial score (nSPS) is 12.1. The molecule has 0 saturated carbocycles. The fraction of sp³-hybridized carbons (Fsp3) is 0.267. The van der Waals surface area contributed by atoms with Gasteiger partial charge in [0.25, 0.3) is 0 Å². The number of rotatable bonds is 4. The first-order chi connectivity index (χ1) is 8.70. The maximum atomic E-state index is 9.31. The van der Waals surface area contributed by atoms with Gasteiger partial charge in [-0.05, 0) is 43.2 Å². The summed E-state index contributed by atoms with van der Waals surface area (Å²) >= 11 is 0. The van der Waals surface area contributed by atoms with Crippen LogP contribution in [0.5, 0.6) is 5.75 Å². The predicted octanol–water partition coefficient (Wildman–Crippen LogP) is 3.66. The Morgan fingerprint density at radius 1 is 1.22 bits per heavy atom. The van der Waals surface area contributed by atoms with E-state index in [0.717, 1.165) is 17.8 Å². The lowest BCUT2D eigenvalue weighted by molar-refractivity contribution is 0.475. The van der Waals surface area contributed by atoms with Crippen molar-refractivity contribution in [2.24, 2.45) is 0 Å². The summed E-state index contributed by atoms with van der Waals surface area (Å²) in [6.45, 7) is 4.13. The summed E-state index contributed by atoms with van der Waals surface area (Å²) in [5, 5.41) is 12.8. The lowest BCUT2D eigenvalue weighted by Crippen LogP contribution is -2.10. The van der Waals surface area contributed by atoms with E-state index >= 15 is 0 Å². The van der Waals surface area contributed by atoms with Crippen molar-refractivity contribution in [2.45, 2.75) is 26.3 Å². The molecule has 2 aromatic rings. The van der Waals surface area contributed by atoms with Gasteiger partial charge in [-0.15, -0.1) is 0 Å². The molecule has 0 aliphatic heterocycles. The van der Waals surface area contributed by atoms with Crippen LogP contribution in [0.3, 0.4) is 0 Å². The number of pyridine rings is 1. The highest BCUT2D eigenvalue weighted by molar-refractivity contribution is 5.49. The molecule has 3 nitrogen and oxygen atoms in total. The third-order valence-corrected chi connectivity index (χ3v) is 3.04. The fourth-order valence-corrected chi connectivity index (χ4v) is 1.95. The number of aryl methyl sites for hydroxylation is 1. The first-order valence-electron chi connectivity index (χ1n) is 6.17. The summed E-state index contributed by atoms with van der Waals surface area (Å²) in [5.41, 5.74) is 3.21. The summed E-state index contributed by atoms with van der Waals surface area (Å²) in [5.74, 6) is 0.297. The fourth-order valence-electron chi connectivity index (χ4n) is 1.95. The molecule has 1 aromatic carbocycles. The van der Waals surface area contributed by atoms with E-state index in [1.807, 2.05) is 31.2 Å². The summed E-state index contributed by atoms with van der Waals surface area (Å²) < 4.78 is 0. The Morgan fingerprint density at radius 3 is 2.56 bits per heavy atom. The zero-order chi connectivity index (χ0) is 13.0. The maximum absolute atomic E-state index is 9.31. The van der Waals surface area contributed by atoms with Crippen molar-refractivity contribution < 1.29 is 5.11 Å². The average Bonchev–Trinajstić information content (AvgIpc) is 2.39. The molecule has 94 valence electrons. The van der Waals surface area contributed by atoms with Crippen molar-refractivity contribution in [1.29, 1.82) is 0 Å². The first-order valence-corrected chi connectivity index (χ1v) is 6.17. The van der Waals surface area contributed by atoms with Crippen LogP contribution in [-0.2, 0) is 0 Å². The summed E-state index contributed by atoms with van der Waals surface area (Å²) in [7, 11) is 0. The average molecular weight is 242 g/mol. The van der Waals surface area contributed by atoms with Crippen molar-refractivity contribution in [3.8, 4) is 5.75 Å². The molecule has 0 amide bonds. The molecule has 0 spiro atoms. The van der Waals surface area contributed by atoms with Gasteiger partial charge in [-0.1, -0.05) is 19.1 Å². The van der Waals surface area contributed by atoms with Crippen LogP contribution in [0.15, 0.2) is 42.6 Å². The van der Waals surface area contributed by atoms with Gasteiger partial charge in [-0.3, -0.25) is 4.98 Å². The number of phenolic OH excluding ortho intramolecular Hbond substituents is 1. The molecule has 1 heterocycles. The van der Waals surface area contributed by atoms with Crippen molar-refractivity contribution in [2.75, 3.05) is 5.32 Å². The lowest BCUT2D eigenvalue weighted by atomic mass is 10.0. The molecular weight excluding hydrogens is 224 g/mol. The Balaban J connectivity index is 2.20. The largest absolute Gasteiger partial charge is 0.508 e. The highest BCUT2D eigenvalue weighted by atomic mass is 16.3. The van der Waals surface area contributed by atoms with Crippen LogP contribution >= 0.6 is 0 Å². The van der Waals surface area contributed by atoms with E-state index in [0.29, 0.717) is 5.75 Å². The van der Waals surface area contributed by atoms with E-state index in [1.165, 1.54) is 5.56 Å². The minimum atomic E-state index is 0.230. The Labute approximate surface area is 108 Å². The van der Waals surface area contributed by atoms with Crippen LogP contribution in [-0.4, -0.2) is 10.1 Å². The first kappa shape index (κ1) is 12.4. The Kier molecular flexibility index (Phi) is 3.82. The van der Waals surface area contributed by atoms with Gasteiger partial charge in [-0.25, -0.2) is 0 Å². The molecule has 0 bridgehead atoms. The maximum Gasteiger partial charge on any atom is 0.115 e. The van der Waals surface area contributed by atoms with Gasteiger partial charge in [0.05, 0.1) is 17.4 Å². The molecule has 2 N–H and O–H groups in total. The molecular formula is C15H18N2O. The van der Waals surface area contributed by atoms with Crippen LogP contribution < -0.4 is 5.32 Å². The minimum absolute atomic E-state index is 0.230. The molecule has 1 unspecified atom stereocenters. The van der Waals surface area contributed by atoms with Crippen LogP contribution in [0.2, 0.25) is 0 Å².